The maximum atomic E-state index is 4.94. The van der Waals surface area contributed by atoms with Crippen LogP contribution in [-0.4, -0.2) is 36.6 Å². The summed E-state index contributed by atoms with van der Waals surface area (Å²) in [6.45, 7) is 5.17. The quantitative estimate of drug-likeness (QED) is 0.650. The number of rotatable bonds is 7. The Morgan fingerprint density at radius 3 is 2.60 bits per heavy atom. The van der Waals surface area contributed by atoms with Crippen LogP contribution in [0.25, 0.3) is 0 Å². The Balaban J connectivity index is 1.54. The van der Waals surface area contributed by atoms with Crippen molar-refractivity contribution in [1.29, 1.82) is 0 Å². The van der Waals surface area contributed by atoms with Crippen molar-refractivity contribution in [3.05, 3.63) is 59.7 Å². The van der Waals surface area contributed by atoms with Gasteiger partial charge in [0.1, 0.15) is 11.6 Å². The lowest BCUT2D eigenvalue weighted by Gasteiger charge is -2.29. The van der Waals surface area contributed by atoms with Gasteiger partial charge in [-0.25, -0.2) is 0 Å². The summed E-state index contributed by atoms with van der Waals surface area (Å²) in [5.74, 6) is 2.68. The van der Waals surface area contributed by atoms with E-state index in [1.165, 1.54) is 36.8 Å². The molecule has 158 valence electrons. The Kier molecular flexibility index (Phi) is 6.67. The van der Waals surface area contributed by atoms with E-state index in [4.69, 9.17) is 9.97 Å². The van der Waals surface area contributed by atoms with Crippen LogP contribution in [0.5, 0.6) is 0 Å². The minimum atomic E-state index is 0.791. The summed E-state index contributed by atoms with van der Waals surface area (Å²) in [6, 6.07) is 10.5. The van der Waals surface area contributed by atoms with Crippen molar-refractivity contribution in [3.8, 4) is 0 Å². The van der Waals surface area contributed by atoms with E-state index in [0.717, 1.165) is 55.7 Å². The number of nitrogens with one attached hydrogen (secondary N) is 1. The molecule has 1 aliphatic heterocycles. The molecule has 1 aromatic heterocycles. The van der Waals surface area contributed by atoms with Gasteiger partial charge in [0.2, 0.25) is 5.95 Å². The molecule has 1 aromatic carbocycles. The lowest BCUT2D eigenvalue weighted by molar-refractivity contribution is 0.573. The highest BCUT2D eigenvalue weighted by molar-refractivity contribution is 5.62. The van der Waals surface area contributed by atoms with Crippen molar-refractivity contribution in [2.75, 3.05) is 41.8 Å². The molecule has 2 heterocycles. The molecule has 0 bridgehead atoms. The summed E-state index contributed by atoms with van der Waals surface area (Å²) in [7, 11) is 2.10. The van der Waals surface area contributed by atoms with Crippen LogP contribution in [0.2, 0.25) is 0 Å². The summed E-state index contributed by atoms with van der Waals surface area (Å²) >= 11 is 0. The van der Waals surface area contributed by atoms with Gasteiger partial charge in [-0.15, -0.1) is 0 Å². The third kappa shape index (κ3) is 5.41. The summed E-state index contributed by atoms with van der Waals surface area (Å²) in [5, 5.41) is 3.49. The maximum absolute atomic E-state index is 4.94. The van der Waals surface area contributed by atoms with Crippen molar-refractivity contribution in [1.82, 2.24) is 9.97 Å². The highest BCUT2D eigenvalue weighted by Crippen LogP contribution is 2.26. The maximum Gasteiger partial charge on any atom is 0.229 e. The molecule has 5 heteroatoms. The Labute approximate surface area is 180 Å². The van der Waals surface area contributed by atoms with Crippen molar-refractivity contribution < 1.29 is 0 Å². The smallest absolute Gasteiger partial charge is 0.229 e. The van der Waals surface area contributed by atoms with E-state index in [1.807, 2.05) is 0 Å². The molecule has 0 unspecified atom stereocenters. The van der Waals surface area contributed by atoms with Crippen LogP contribution >= 0.6 is 0 Å². The van der Waals surface area contributed by atoms with Crippen molar-refractivity contribution >= 4 is 23.3 Å². The molecule has 0 radical (unpaired) electrons. The number of anilines is 4. The van der Waals surface area contributed by atoms with E-state index in [9.17, 15) is 0 Å². The molecule has 1 aliphatic carbocycles. The van der Waals surface area contributed by atoms with Gasteiger partial charge in [0.15, 0.2) is 0 Å². The Hall–Kier alpha value is -2.82. The fourth-order valence-electron chi connectivity index (χ4n) is 4.00. The average molecular weight is 404 g/mol. The lowest BCUT2D eigenvalue weighted by Crippen LogP contribution is -2.31. The topological polar surface area (TPSA) is 44.3 Å². The molecule has 2 aliphatic rings. The largest absolute Gasteiger partial charge is 0.356 e. The predicted octanol–water partition coefficient (Wildman–Crippen LogP) is 5.62. The summed E-state index contributed by atoms with van der Waals surface area (Å²) < 4.78 is 0. The van der Waals surface area contributed by atoms with Gasteiger partial charge in [0.05, 0.1) is 0 Å². The van der Waals surface area contributed by atoms with E-state index < -0.39 is 0 Å². The zero-order valence-electron chi connectivity index (χ0n) is 18.3. The number of nitrogens with zero attached hydrogens (tertiary/aromatic N) is 4. The minimum absolute atomic E-state index is 0.791. The van der Waals surface area contributed by atoms with Gasteiger partial charge in [-0.3, -0.25) is 0 Å². The standard InChI is InChI=1S/C25H33N5/c1-20-11-13-22(14-12-20)26-23-19-24(30-16-7-4-8-17-30)28-25(27-23)29(2)18-15-21-9-5-3-6-10-21/h3,5,9,11-14,19H,4,6-8,10,15-18H2,1-2H3,(H,26,27,28). The number of allylic oxidation sites excluding steroid dienone is 3. The molecule has 1 saturated heterocycles. The second-order valence-electron chi connectivity index (χ2n) is 8.41. The fourth-order valence-corrected chi connectivity index (χ4v) is 4.00. The van der Waals surface area contributed by atoms with Crippen molar-refractivity contribution in [2.24, 2.45) is 0 Å². The second-order valence-corrected chi connectivity index (χ2v) is 8.41. The van der Waals surface area contributed by atoms with Crippen molar-refractivity contribution in [2.45, 2.75) is 45.4 Å². The normalized spacial score (nSPS) is 16.3. The number of benzene rings is 1. The Bertz CT molecular complexity index is 894. The van der Waals surface area contributed by atoms with Crippen LogP contribution in [0, 0.1) is 6.92 Å². The summed E-state index contributed by atoms with van der Waals surface area (Å²) in [6.07, 6.45) is 13.8. The zero-order chi connectivity index (χ0) is 20.8. The van der Waals surface area contributed by atoms with Gasteiger partial charge in [0.25, 0.3) is 0 Å². The summed E-state index contributed by atoms with van der Waals surface area (Å²) in [4.78, 5) is 14.4. The molecule has 0 atom stereocenters. The van der Waals surface area contributed by atoms with Gasteiger partial charge in [-0.05, 0) is 57.6 Å². The third-order valence-electron chi connectivity index (χ3n) is 5.91. The first-order valence-electron chi connectivity index (χ1n) is 11.2. The van der Waals surface area contributed by atoms with Crippen LogP contribution in [0.1, 0.15) is 44.1 Å². The molecule has 2 aromatic rings. The van der Waals surface area contributed by atoms with Gasteiger partial charge in [-0.2, -0.15) is 9.97 Å². The first-order valence-corrected chi connectivity index (χ1v) is 11.2. The monoisotopic (exact) mass is 403 g/mol. The van der Waals surface area contributed by atoms with E-state index >= 15 is 0 Å². The predicted molar refractivity (Wildman–Crippen MR) is 127 cm³/mol. The molecule has 0 amide bonds. The van der Waals surface area contributed by atoms with Gasteiger partial charge < -0.3 is 15.1 Å². The molecular formula is C25H33N5. The van der Waals surface area contributed by atoms with Gasteiger partial charge in [0, 0.05) is 38.4 Å². The number of piperidine rings is 1. The van der Waals surface area contributed by atoms with E-state index in [2.05, 4.69) is 77.6 Å². The highest BCUT2D eigenvalue weighted by Gasteiger charge is 2.17. The van der Waals surface area contributed by atoms with Crippen molar-refractivity contribution in [3.63, 3.8) is 0 Å². The number of hydrogen-bond donors (Lipinski definition) is 1. The molecular weight excluding hydrogens is 370 g/mol. The van der Waals surface area contributed by atoms with Gasteiger partial charge in [-0.1, -0.05) is 41.5 Å². The van der Waals surface area contributed by atoms with Crippen LogP contribution in [0.3, 0.4) is 0 Å². The van der Waals surface area contributed by atoms with Crippen LogP contribution in [0.4, 0.5) is 23.3 Å². The Morgan fingerprint density at radius 1 is 1.07 bits per heavy atom. The molecule has 30 heavy (non-hydrogen) atoms. The van der Waals surface area contributed by atoms with E-state index in [0.29, 0.717) is 0 Å². The molecule has 0 spiro atoms. The molecule has 1 fully saturated rings. The lowest BCUT2D eigenvalue weighted by atomic mass is 10.0. The van der Waals surface area contributed by atoms with E-state index in [1.54, 1.807) is 0 Å². The minimum Gasteiger partial charge on any atom is -0.356 e. The number of aryl methyl sites for hydroxylation is 1. The zero-order valence-corrected chi connectivity index (χ0v) is 18.3. The fraction of sp³-hybridized carbons (Fsp3) is 0.440. The number of hydrogen-bond acceptors (Lipinski definition) is 5. The molecule has 1 N–H and O–H groups in total. The molecule has 5 nitrogen and oxygen atoms in total. The third-order valence-corrected chi connectivity index (χ3v) is 5.91. The average Bonchev–Trinajstić information content (AvgIpc) is 2.80. The van der Waals surface area contributed by atoms with Crippen LogP contribution in [-0.2, 0) is 0 Å². The second kappa shape index (κ2) is 9.79. The van der Waals surface area contributed by atoms with Crippen LogP contribution < -0.4 is 15.1 Å². The first-order chi connectivity index (χ1) is 14.7. The molecule has 4 rings (SSSR count). The first kappa shape index (κ1) is 20.5. The van der Waals surface area contributed by atoms with Gasteiger partial charge >= 0.3 is 0 Å². The SMILES string of the molecule is Cc1ccc(Nc2cc(N3CCCCC3)nc(N(C)CCC3=CC=CCC3)n2)cc1. The highest BCUT2D eigenvalue weighted by atomic mass is 15.3. The number of aromatic nitrogens is 2. The Morgan fingerprint density at radius 2 is 1.87 bits per heavy atom. The van der Waals surface area contributed by atoms with E-state index in [-0.39, 0.29) is 0 Å². The van der Waals surface area contributed by atoms with Crippen LogP contribution in [0.15, 0.2) is 54.1 Å². The molecule has 0 saturated carbocycles. The summed E-state index contributed by atoms with van der Waals surface area (Å²) in [5.41, 5.74) is 3.82.